The molecule has 1 aliphatic heterocycles. The van der Waals surface area contributed by atoms with Gasteiger partial charge >= 0.3 is 0 Å². The number of carbonyl (C=O) groups is 2. The topological polar surface area (TPSA) is 96.0 Å². The summed E-state index contributed by atoms with van der Waals surface area (Å²) < 4.78 is 35.6. The van der Waals surface area contributed by atoms with Gasteiger partial charge in [-0.1, -0.05) is 88.2 Å². The molecule has 1 N–H and O–H groups in total. The number of sulfonamides is 1. The van der Waals surface area contributed by atoms with Gasteiger partial charge in [0.05, 0.1) is 23.7 Å². The number of halogens is 1. The van der Waals surface area contributed by atoms with E-state index in [9.17, 15) is 18.0 Å². The van der Waals surface area contributed by atoms with Crippen molar-refractivity contribution in [2.24, 2.45) is 0 Å². The fourth-order valence-electron chi connectivity index (χ4n) is 4.81. The maximum absolute atomic E-state index is 13.9. The van der Waals surface area contributed by atoms with E-state index in [1.54, 1.807) is 36.4 Å². The predicted octanol–water partition coefficient (Wildman–Crippen LogP) is 5.10. The van der Waals surface area contributed by atoms with Gasteiger partial charge < -0.3 is 15.0 Å². The number of nitrogens with one attached hydrogen (secondary N) is 1. The van der Waals surface area contributed by atoms with Crippen LogP contribution in [0.5, 0.6) is 5.75 Å². The number of hydrogen-bond donors (Lipinski definition) is 1. The molecule has 43 heavy (non-hydrogen) atoms. The molecule has 0 saturated carbocycles. The van der Waals surface area contributed by atoms with Gasteiger partial charge in [-0.05, 0) is 60.9 Å². The summed E-state index contributed by atoms with van der Waals surface area (Å²) in [5, 5.41) is 2.91. The van der Waals surface area contributed by atoms with Gasteiger partial charge in [-0.2, -0.15) is 4.31 Å². The molecule has 0 aliphatic carbocycles. The molecule has 8 nitrogen and oxygen atoms in total. The Labute approximate surface area is 260 Å². The van der Waals surface area contributed by atoms with E-state index >= 15 is 0 Å². The summed E-state index contributed by atoms with van der Waals surface area (Å²) in [5.74, 6) is -0.431. The Morgan fingerprint density at radius 1 is 0.907 bits per heavy atom. The maximum Gasteiger partial charge on any atom is 0.262 e. The quantitative estimate of drug-likeness (QED) is 0.255. The highest BCUT2D eigenvalue weighted by molar-refractivity contribution is 9.10. The first-order valence-electron chi connectivity index (χ1n) is 13.9. The highest BCUT2D eigenvalue weighted by Gasteiger charge is 2.36. The van der Waals surface area contributed by atoms with Gasteiger partial charge in [-0.3, -0.25) is 9.59 Å². The van der Waals surface area contributed by atoms with E-state index in [4.69, 9.17) is 4.74 Å². The number of aryl methyl sites for hydroxylation is 1. The van der Waals surface area contributed by atoms with E-state index in [-0.39, 0.29) is 23.9 Å². The summed E-state index contributed by atoms with van der Waals surface area (Å²) in [6.07, 6.45) is -0.302. The summed E-state index contributed by atoms with van der Waals surface area (Å²) in [6, 6.07) is 30.6. The van der Waals surface area contributed by atoms with Crippen LogP contribution in [0.1, 0.15) is 16.7 Å². The Morgan fingerprint density at radius 2 is 1.58 bits per heavy atom. The summed E-state index contributed by atoms with van der Waals surface area (Å²) in [4.78, 5) is 28.6. The standard InChI is InChI=1S/C33H32BrN3O5S/c1-24-11-13-26(14-12-24)21-36(43(40,41)28-17-15-27(34)16-18-28)23-32(38)37-22-31(42-30-10-6-5-9-29(30)37)33(39)35-20-19-25-7-3-2-4-8-25/h2-18,31H,19-23H2,1H3,(H,35,39). The monoisotopic (exact) mass is 661 g/mol. The Balaban J connectivity index is 1.37. The lowest BCUT2D eigenvalue weighted by Crippen LogP contribution is -2.53. The number of amides is 2. The van der Waals surface area contributed by atoms with Crippen LogP contribution >= 0.6 is 15.9 Å². The van der Waals surface area contributed by atoms with Crippen molar-refractivity contribution in [2.75, 3.05) is 24.5 Å². The second kappa shape index (κ2) is 13.5. The number of ether oxygens (including phenoxy) is 1. The molecule has 222 valence electrons. The summed E-state index contributed by atoms with van der Waals surface area (Å²) >= 11 is 3.35. The van der Waals surface area contributed by atoms with Crippen LogP contribution in [0.15, 0.2) is 112 Å². The van der Waals surface area contributed by atoms with Crippen molar-refractivity contribution < 1.29 is 22.7 Å². The third-order valence-electron chi connectivity index (χ3n) is 7.17. The molecule has 4 aromatic rings. The maximum atomic E-state index is 13.9. The van der Waals surface area contributed by atoms with Crippen LogP contribution in [0.25, 0.3) is 0 Å². The van der Waals surface area contributed by atoms with E-state index in [2.05, 4.69) is 21.2 Å². The molecule has 1 heterocycles. The number of nitrogens with zero attached hydrogens (tertiary/aromatic N) is 2. The molecular formula is C33H32BrN3O5S. The van der Waals surface area contributed by atoms with Gasteiger partial charge in [0.1, 0.15) is 5.75 Å². The van der Waals surface area contributed by atoms with Gasteiger partial charge in [-0.15, -0.1) is 0 Å². The molecule has 0 aromatic heterocycles. The molecule has 1 unspecified atom stereocenters. The van der Waals surface area contributed by atoms with E-state index < -0.39 is 28.6 Å². The average molecular weight is 663 g/mol. The van der Waals surface area contributed by atoms with E-state index in [1.807, 2.05) is 61.5 Å². The zero-order valence-electron chi connectivity index (χ0n) is 23.6. The molecule has 4 aromatic carbocycles. The van der Waals surface area contributed by atoms with Gasteiger partial charge in [0, 0.05) is 17.6 Å². The van der Waals surface area contributed by atoms with Gasteiger partial charge in [0.2, 0.25) is 15.9 Å². The van der Waals surface area contributed by atoms with Crippen LogP contribution in [0.4, 0.5) is 5.69 Å². The first-order chi connectivity index (χ1) is 20.7. The molecule has 2 amide bonds. The molecule has 1 aliphatic rings. The minimum atomic E-state index is -4.05. The zero-order chi connectivity index (χ0) is 30.4. The molecule has 10 heteroatoms. The van der Waals surface area contributed by atoms with Crippen molar-refractivity contribution in [3.63, 3.8) is 0 Å². The molecule has 0 fully saturated rings. The number of fused-ring (bicyclic) bond motifs is 1. The first kappa shape index (κ1) is 30.5. The third-order valence-corrected chi connectivity index (χ3v) is 9.50. The van der Waals surface area contributed by atoms with Crippen molar-refractivity contribution in [2.45, 2.75) is 30.9 Å². The second-order valence-electron chi connectivity index (χ2n) is 10.3. The van der Waals surface area contributed by atoms with Gasteiger partial charge in [0.25, 0.3) is 5.91 Å². The number of para-hydroxylation sites is 2. The highest BCUT2D eigenvalue weighted by atomic mass is 79.9. The fourth-order valence-corrected chi connectivity index (χ4v) is 6.45. The normalized spacial score (nSPS) is 14.6. The second-order valence-corrected chi connectivity index (χ2v) is 13.2. The molecule has 0 bridgehead atoms. The smallest absolute Gasteiger partial charge is 0.262 e. The van der Waals surface area contributed by atoms with E-state index in [1.165, 1.54) is 21.3 Å². The van der Waals surface area contributed by atoms with Crippen molar-refractivity contribution in [1.29, 1.82) is 0 Å². The summed E-state index contributed by atoms with van der Waals surface area (Å²) in [6.45, 7) is 1.88. The van der Waals surface area contributed by atoms with Gasteiger partial charge in [-0.25, -0.2) is 8.42 Å². The van der Waals surface area contributed by atoms with Crippen LogP contribution in [0.3, 0.4) is 0 Å². The molecule has 0 saturated heterocycles. The minimum Gasteiger partial charge on any atom is -0.477 e. The SMILES string of the molecule is Cc1ccc(CN(CC(=O)N2CC(C(=O)NCCc3ccccc3)Oc3ccccc32)S(=O)(=O)c2ccc(Br)cc2)cc1. The molecule has 0 radical (unpaired) electrons. The van der Waals surface area contributed by atoms with Crippen LogP contribution < -0.4 is 15.0 Å². The average Bonchev–Trinajstić information content (AvgIpc) is 3.01. The third kappa shape index (κ3) is 7.51. The van der Waals surface area contributed by atoms with E-state index in [0.29, 0.717) is 24.4 Å². The molecular weight excluding hydrogens is 630 g/mol. The number of rotatable bonds is 10. The van der Waals surface area contributed by atoms with Crippen molar-refractivity contribution in [3.8, 4) is 5.75 Å². The Bertz CT molecular complexity index is 1680. The van der Waals surface area contributed by atoms with E-state index in [0.717, 1.165) is 21.2 Å². The van der Waals surface area contributed by atoms with Crippen molar-refractivity contribution >= 4 is 43.5 Å². The Kier molecular flexibility index (Phi) is 9.59. The van der Waals surface area contributed by atoms with Crippen molar-refractivity contribution in [3.05, 3.63) is 124 Å². The fraction of sp³-hybridized carbons (Fsp3) is 0.212. The number of carbonyl (C=O) groups excluding carboxylic acids is 2. The number of hydrogen-bond acceptors (Lipinski definition) is 5. The van der Waals surface area contributed by atoms with Crippen molar-refractivity contribution in [1.82, 2.24) is 9.62 Å². The number of anilines is 1. The Morgan fingerprint density at radius 3 is 2.30 bits per heavy atom. The Hall–Kier alpha value is -3.99. The predicted molar refractivity (Wildman–Crippen MR) is 169 cm³/mol. The van der Waals surface area contributed by atoms with Crippen LogP contribution in [0, 0.1) is 6.92 Å². The molecule has 1 atom stereocenters. The highest BCUT2D eigenvalue weighted by Crippen LogP contribution is 2.34. The molecule has 5 rings (SSSR count). The summed E-state index contributed by atoms with van der Waals surface area (Å²) in [5.41, 5.74) is 3.37. The van der Waals surface area contributed by atoms with Crippen LogP contribution in [-0.4, -0.2) is 50.3 Å². The minimum absolute atomic E-state index is 0.000194. The lowest BCUT2D eigenvalue weighted by atomic mass is 10.1. The first-order valence-corrected chi connectivity index (χ1v) is 16.1. The largest absolute Gasteiger partial charge is 0.477 e. The van der Waals surface area contributed by atoms with Crippen LogP contribution in [-0.2, 0) is 32.6 Å². The molecule has 0 spiro atoms. The summed E-state index contributed by atoms with van der Waals surface area (Å²) in [7, 11) is -4.05. The lowest BCUT2D eigenvalue weighted by molar-refractivity contribution is -0.128. The van der Waals surface area contributed by atoms with Gasteiger partial charge in [0.15, 0.2) is 6.10 Å². The zero-order valence-corrected chi connectivity index (χ0v) is 26.1. The number of benzene rings is 4. The van der Waals surface area contributed by atoms with Crippen LogP contribution in [0.2, 0.25) is 0 Å². The lowest BCUT2D eigenvalue weighted by Gasteiger charge is -2.35.